The molecule has 1 aliphatic heterocycles. The fraction of sp³-hybridized carbons (Fsp3) is 0.345. The van der Waals surface area contributed by atoms with Crippen molar-refractivity contribution in [2.75, 3.05) is 37.6 Å². The van der Waals surface area contributed by atoms with Gasteiger partial charge in [0.05, 0.1) is 11.6 Å². The van der Waals surface area contributed by atoms with Crippen LogP contribution >= 0.6 is 0 Å². The molecule has 2 aromatic carbocycles. The van der Waals surface area contributed by atoms with Crippen LogP contribution in [0.2, 0.25) is 0 Å². The van der Waals surface area contributed by atoms with Gasteiger partial charge in [0.2, 0.25) is 0 Å². The first-order valence-corrected chi connectivity index (χ1v) is 12.6. The number of unbranched alkanes of at least 4 members (excludes halogenated alkanes) is 1. The fourth-order valence-electron chi connectivity index (χ4n) is 4.90. The van der Waals surface area contributed by atoms with Crippen LogP contribution in [0.3, 0.4) is 0 Å². The standard InChI is InChI=1S/C29H32N6O/c1-21-17-22(2)33-29(32-21)36-26-9-7-25(8-10-26)35-15-13-34(14-16-35)12-4-3-5-24-20-31-28-11-6-23(19-30)18-27(24)28/h6-11,17-18,20,31H,3-5,12-16H2,1-2H3. The molecule has 1 aliphatic rings. The van der Waals surface area contributed by atoms with Crippen molar-refractivity contribution in [1.29, 1.82) is 5.26 Å². The van der Waals surface area contributed by atoms with E-state index in [1.807, 2.05) is 50.2 Å². The second-order valence-electron chi connectivity index (χ2n) is 9.50. The Balaban J connectivity index is 1.06. The summed E-state index contributed by atoms with van der Waals surface area (Å²) in [5, 5.41) is 10.4. The molecule has 36 heavy (non-hydrogen) atoms. The van der Waals surface area contributed by atoms with Crippen molar-refractivity contribution in [3.8, 4) is 17.8 Å². The van der Waals surface area contributed by atoms with Crippen LogP contribution in [0.25, 0.3) is 10.9 Å². The molecule has 1 fully saturated rings. The molecule has 5 rings (SSSR count). The monoisotopic (exact) mass is 480 g/mol. The zero-order valence-electron chi connectivity index (χ0n) is 21.0. The number of fused-ring (bicyclic) bond motifs is 1. The van der Waals surface area contributed by atoms with Crippen molar-refractivity contribution in [3.05, 3.63) is 77.2 Å². The lowest BCUT2D eigenvalue weighted by Gasteiger charge is -2.36. The first-order valence-electron chi connectivity index (χ1n) is 12.6. The number of nitriles is 1. The second kappa shape index (κ2) is 10.8. The maximum atomic E-state index is 9.18. The molecule has 184 valence electrons. The van der Waals surface area contributed by atoms with Crippen molar-refractivity contribution < 1.29 is 4.74 Å². The number of hydrogen-bond acceptors (Lipinski definition) is 6. The average Bonchev–Trinajstić information content (AvgIpc) is 3.29. The molecule has 4 aromatic rings. The van der Waals surface area contributed by atoms with E-state index in [4.69, 9.17) is 4.74 Å². The van der Waals surface area contributed by atoms with Gasteiger partial charge in [-0.15, -0.1) is 0 Å². The number of aromatic nitrogens is 3. The van der Waals surface area contributed by atoms with E-state index >= 15 is 0 Å². The predicted molar refractivity (Wildman–Crippen MR) is 143 cm³/mol. The zero-order chi connectivity index (χ0) is 24.9. The Morgan fingerprint density at radius 1 is 0.944 bits per heavy atom. The Kier molecular flexibility index (Phi) is 7.15. The van der Waals surface area contributed by atoms with Crippen LogP contribution in [0, 0.1) is 25.2 Å². The molecular formula is C29H32N6O. The van der Waals surface area contributed by atoms with Gasteiger partial charge in [-0.25, -0.2) is 9.97 Å². The van der Waals surface area contributed by atoms with Gasteiger partial charge in [-0.2, -0.15) is 5.26 Å². The van der Waals surface area contributed by atoms with Gasteiger partial charge in [0.15, 0.2) is 0 Å². The largest absolute Gasteiger partial charge is 0.424 e. The first-order chi connectivity index (χ1) is 17.6. The third-order valence-electron chi connectivity index (χ3n) is 6.81. The van der Waals surface area contributed by atoms with Gasteiger partial charge in [0.25, 0.3) is 0 Å². The predicted octanol–water partition coefficient (Wildman–Crippen LogP) is 5.38. The van der Waals surface area contributed by atoms with Gasteiger partial charge < -0.3 is 14.6 Å². The normalized spacial score (nSPS) is 14.2. The summed E-state index contributed by atoms with van der Waals surface area (Å²) >= 11 is 0. The number of aromatic amines is 1. The van der Waals surface area contributed by atoms with E-state index in [0.717, 1.165) is 73.8 Å². The van der Waals surface area contributed by atoms with Crippen molar-refractivity contribution in [1.82, 2.24) is 19.9 Å². The number of ether oxygens (including phenoxy) is 1. The van der Waals surface area contributed by atoms with E-state index in [1.54, 1.807) is 0 Å². The lowest BCUT2D eigenvalue weighted by Crippen LogP contribution is -2.46. The molecule has 1 N–H and O–H groups in total. The topological polar surface area (TPSA) is 81.1 Å². The summed E-state index contributed by atoms with van der Waals surface area (Å²) in [6.07, 6.45) is 5.46. The molecule has 7 nitrogen and oxygen atoms in total. The van der Waals surface area contributed by atoms with Crippen LogP contribution in [0.4, 0.5) is 5.69 Å². The summed E-state index contributed by atoms with van der Waals surface area (Å²) in [6.45, 7) is 9.22. The molecule has 0 spiro atoms. The highest BCUT2D eigenvalue weighted by atomic mass is 16.5. The molecule has 0 unspecified atom stereocenters. The third kappa shape index (κ3) is 5.67. The summed E-state index contributed by atoms with van der Waals surface area (Å²) in [4.78, 5) is 17.0. The van der Waals surface area contributed by atoms with Crippen molar-refractivity contribution >= 4 is 16.6 Å². The second-order valence-corrected chi connectivity index (χ2v) is 9.50. The molecule has 0 aliphatic carbocycles. The molecule has 0 bridgehead atoms. The Morgan fingerprint density at radius 2 is 1.69 bits per heavy atom. The van der Waals surface area contributed by atoms with Crippen molar-refractivity contribution in [2.24, 2.45) is 0 Å². The molecule has 0 amide bonds. The van der Waals surface area contributed by atoms with Crippen molar-refractivity contribution in [2.45, 2.75) is 33.1 Å². The summed E-state index contributed by atoms with van der Waals surface area (Å²) in [6, 6.07) is 18.7. The lowest BCUT2D eigenvalue weighted by atomic mass is 10.1. The molecule has 7 heteroatoms. The minimum atomic E-state index is 0.394. The summed E-state index contributed by atoms with van der Waals surface area (Å²) in [5.41, 5.74) is 6.17. The maximum Gasteiger partial charge on any atom is 0.322 e. The Hall–Kier alpha value is -3.89. The van der Waals surface area contributed by atoms with E-state index in [0.29, 0.717) is 6.01 Å². The number of anilines is 1. The van der Waals surface area contributed by atoms with Crippen LogP contribution in [0.1, 0.15) is 35.4 Å². The van der Waals surface area contributed by atoms with Gasteiger partial charge >= 0.3 is 6.01 Å². The number of hydrogen-bond donors (Lipinski definition) is 1. The minimum Gasteiger partial charge on any atom is -0.424 e. The average molecular weight is 481 g/mol. The summed E-state index contributed by atoms with van der Waals surface area (Å²) in [7, 11) is 0. The van der Waals surface area contributed by atoms with E-state index in [2.05, 4.69) is 49.2 Å². The molecule has 3 heterocycles. The number of piperazine rings is 1. The number of H-pyrrole nitrogens is 1. The van der Waals surface area contributed by atoms with Crippen LogP contribution in [0.15, 0.2) is 54.7 Å². The van der Waals surface area contributed by atoms with Crippen LogP contribution in [-0.2, 0) is 6.42 Å². The van der Waals surface area contributed by atoms with Gasteiger partial charge in [-0.1, -0.05) is 0 Å². The number of rotatable bonds is 8. The first kappa shape index (κ1) is 23.8. The number of nitrogens with one attached hydrogen (secondary N) is 1. The molecular weight excluding hydrogens is 448 g/mol. The number of benzene rings is 2. The van der Waals surface area contributed by atoms with Gasteiger partial charge in [-0.3, -0.25) is 4.90 Å². The maximum absolute atomic E-state index is 9.18. The van der Waals surface area contributed by atoms with Gasteiger partial charge in [0, 0.05) is 60.4 Å². The highest BCUT2D eigenvalue weighted by molar-refractivity contribution is 5.84. The van der Waals surface area contributed by atoms with E-state index in [9.17, 15) is 5.26 Å². The molecule has 1 saturated heterocycles. The highest BCUT2D eigenvalue weighted by Crippen LogP contribution is 2.24. The van der Waals surface area contributed by atoms with Crippen LogP contribution in [0.5, 0.6) is 11.8 Å². The minimum absolute atomic E-state index is 0.394. The highest BCUT2D eigenvalue weighted by Gasteiger charge is 2.17. The molecule has 0 saturated carbocycles. The smallest absolute Gasteiger partial charge is 0.322 e. The summed E-state index contributed by atoms with van der Waals surface area (Å²) in [5.74, 6) is 0.751. The Morgan fingerprint density at radius 3 is 2.42 bits per heavy atom. The van der Waals surface area contributed by atoms with Gasteiger partial charge in [-0.05, 0) is 93.7 Å². The molecule has 0 radical (unpaired) electrons. The molecule has 2 aromatic heterocycles. The zero-order valence-corrected chi connectivity index (χ0v) is 21.0. The fourth-order valence-corrected chi connectivity index (χ4v) is 4.90. The Bertz CT molecular complexity index is 1340. The quantitative estimate of drug-likeness (QED) is 0.341. The SMILES string of the molecule is Cc1cc(C)nc(Oc2ccc(N3CCN(CCCCc4c[nH]c5ccc(C#N)cc45)CC3)cc2)n1. The van der Waals surface area contributed by atoms with Crippen LogP contribution in [-0.4, -0.2) is 52.6 Å². The van der Waals surface area contributed by atoms with Gasteiger partial charge in [0.1, 0.15) is 5.75 Å². The van der Waals surface area contributed by atoms with E-state index in [1.165, 1.54) is 23.1 Å². The molecule has 0 atom stereocenters. The van der Waals surface area contributed by atoms with E-state index < -0.39 is 0 Å². The summed E-state index contributed by atoms with van der Waals surface area (Å²) < 4.78 is 5.85. The Labute approximate surface area is 212 Å². The third-order valence-corrected chi connectivity index (χ3v) is 6.81. The number of aryl methyl sites for hydroxylation is 3. The van der Waals surface area contributed by atoms with E-state index in [-0.39, 0.29) is 0 Å². The van der Waals surface area contributed by atoms with Crippen molar-refractivity contribution in [3.63, 3.8) is 0 Å². The number of nitrogens with zero attached hydrogens (tertiary/aromatic N) is 5. The van der Waals surface area contributed by atoms with Crippen LogP contribution < -0.4 is 9.64 Å². The lowest BCUT2D eigenvalue weighted by molar-refractivity contribution is 0.253.